The van der Waals surface area contributed by atoms with Crippen molar-refractivity contribution in [2.45, 2.75) is 0 Å². The number of aromatic amines is 1. The van der Waals surface area contributed by atoms with Crippen molar-refractivity contribution in [3.05, 3.63) is 59.1 Å². The van der Waals surface area contributed by atoms with E-state index in [0.717, 1.165) is 16.5 Å². The van der Waals surface area contributed by atoms with Crippen LogP contribution in [-0.4, -0.2) is 17.1 Å². The highest BCUT2D eigenvalue weighted by atomic mass is 16.5. The molecule has 0 unspecified atom stereocenters. The Bertz CT molecular complexity index is 788. The molecule has 0 aliphatic heterocycles. The van der Waals surface area contributed by atoms with E-state index in [4.69, 9.17) is 4.74 Å². The van der Waals surface area contributed by atoms with E-state index < -0.39 is 0 Å². The maximum Gasteiger partial charge on any atom is 0.259 e. The fourth-order valence-corrected chi connectivity index (χ4v) is 2.19. The van der Waals surface area contributed by atoms with Gasteiger partial charge in [0.25, 0.3) is 5.56 Å². The Kier molecular flexibility index (Phi) is 2.76. The molecule has 3 aromatic rings. The van der Waals surface area contributed by atoms with Crippen LogP contribution in [0.3, 0.4) is 0 Å². The van der Waals surface area contributed by atoms with Crippen molar-refractivity contribution in [1.29, 1.82) is 0 Å². The van der Waals surface area contributed by atoms with E-state index in [9.17, 15) is 4.79 Å². The molecular formula is C15H12N2O2. The summed E-state index contributed by atoms with van der Waals surface area (Å²) < 4.78 is 5.28. The third-order valence-corrected chi connectivity index (χ3v) is 3.04. The number of benzene rings is 1. The molecule has 0 spiro atoms. The molecule has 19 heavy (non-hydrogen) atoms. The van der Waals surface area contributed by atoms with E-state index >= 15 is 0 Å². The zero-order valence-corrected chi connectivity index (χ0v) is 10.4. The maximum atomic E-state index is 12.1. The van der Waals surface area contributed by atoms with Gasteiger partial charge in [-0.25, -0.2) is 0 Å². The molecule has 0 amide bonds. The molecule has 94 valence electrons. The van der Waals surface area contributed by atoms with Crippen LogP contribution in [0.4, 0.5) is 0 Å². The molecule has 0 radical (unpaired) electrons. The largest absolute Gasteiger partial charge is 0.496 e. The molecule has 4 heteroatoms. The molecule has 0 fully saturated rings. The summed E-state index contributed by atoms with van der Waals surface area (Å²) in [6, 6.07) is 11.3. The fraction of sp³-hybridized carbons (Fsp3) is 0.0667. The molecule has 0 saturated heterocycles. The molecular weight excluding hydrogens is 240 g/mol. The van der Waals surface area contributed by atoms with Crippen molar-refractivity contribution in [3.63, 3.8) is 0 Å². The van der Waals surface area contributed by atoms with E-state index in [1.54, 1.807) is 25.6 Å². The van der Waals surface area contributed by atoms with Crippen molar-refractivity contribution in [2.24, 2.45) is 0 Å². The van der Waals surface area contributed by atoms with Gasteiger partial charge in [0.05, 0.1) is 18.2 Å². The Morgan fingerprint density at radius 1 is 1.16 bits per heavy atom. The van der Waals surface area contributed by atoms with Gasteiger partial charge in [-0.15, -0.1) is 0 Å². The quantitative estimate of drug-likeness (QED) is 0.762. The summed E-state index contributed by atoms with van der Waals surface area (Å²) in [5.74, 6) is 0.543. The van der Waals surface area contributed by atoms with E-state index in [1.807, 2.05) is 30.3 Å². The van der Waals surface area contributed by atoms with Crippen LogP contribution in [0.15, 0.2) is 53.6 Å². The molecule has 3 rings (SSSR count). The Hall–Kier alpha value is -2.62. The number of fused-ring (bicyclic) bond motifs is 1. The van der Waals surface area contributed by atoms with Crippen molar-refractivity contribution in [3.8, 4) is 16.9 Å². The second-order valence-corrected chi connectivity index (χ2v) is 4.13. The average molecular weight is 252 g/mol. The molecule has 2 aromatic heterocycles. The summed E-state index contributed by atoms with van der Waals surface area (Å²) in [6.45, 7) is 0. The van der Waals surface area contributed by atoms with Gasteiger partial charge in [0.15, 0.2) is 0 Å². The number of H-pyrrole nitrogens is 1. The summed E-state index contributed by atoms with van der Waals surface area (Å²) in [7, 11) is 1.55. The predicted octanol–water partition coefficient (Wildman–Crippen LogP) is 2.60. The third-order valence-electron chi connectivity index (χ3n) is 3.04. The number of methoxy groups -OCH3 is 1. The number of nitrogens with zero attached hydrogens (tertiary/aromatic N) is 1. The molecule has 0 bridgehead atoms. The van der Waals surface area contributed by atoms with Gasteiger partial charge in [-0.05, 0) is 12.1 Å². The third kappa shape index (κ3) is 1.87. The van der Waals surface area contributed by atoms with Gasteiger partial charge in [-0.1, -0.05) is 24.3 Å². The number of ether oxygens (including phenoxy) is 1. The number of hydrogen-bond donors (Lipinski definition) is 1. The number of pyridine rings is 2. The van der Waals surface area contributed by atoms with Crippen molar-refractivity contribution in [2.75, 3.05) is 7.11 Å². The normalized spacial score (nSPS) is 10.6. The molecule has 4 nitrogen and oxygen atoms in total. The van der Waals surface area contributed by atoms with Gasteiger partial charge >= 0.3 is 0 Å². The number of para-hydroxylation sites is 1. The van der Waals surface area contributed by atoms with E-state index in [-0.39, 0.29) is 5.56 Å². The minimum atomic E-state index is -0.183. The van der Waals surface area contributed by atoms with Crippen molar-refractivity contribution in [1.82, 2.24) is 9.97 Å². The SMILES string of the molecule is COc1cc[nH]c(=O)c1-c1cccc2cccnc12. The van der Waals surface area contributed by atoms with Crippen LogP contribution < -0.4 is 10.3 Å². The Morgan fingerprint density at radius 3 is 2.84 bits per heavy atom. The first-order valence-corrected chi connectivity index (χ1v) is 5.91. The number of aromatic nitrogens is 2. The zero-order chi connectivity index (χ0) is 13.2. The number of hydrogen-bond acceptors (Lipinski definition) is 3. The smallest absolute Gasteiger partial charge is 0.259 e. The Morgan fingerprint density at radius 2 is 2.00 bits per heavy atom. The van der Waals surface area contributed by atoms with Crippen LogP contribution in [0.5, 0.6) is 5.75 Å². The summed E-state index contributed by atoms with van der Waals surface area (Å²) in [6.07, 6.45) is 3.29. The van der Waals surface area contributed by atoms with Crippen LogP contribution in [0.1, 0.15) is 0 Å². The summed E-state index contributed by atoms with van der Waals surface area (Å²) in [5, 5.41) is 0.991. The highest BCUT2D eigenvalue weighted by molar-refractivity contribution is 5.94. The lowest BCUT2D eigenvalue weighted by atomic mass is 10.0. The Labute approximate surface area is 109 Å². The van der Waals surface area contributed by atoms with Gasteiger partial charge in [-0.2, -0.15) is 0 Å². The van der Waals surface area contributed by atoms with Gasteiger partial charge in [0.1, 0.15) is 5.75 Å². The van der Waals surface area contributed by atoms with Crippen LogP contribution in [0.25, 0.3) is 22.0 Å². The van der Waals surface area contributed by atoms with E-state index in [1.165, 1.54) is 0 Å². The summed E-state index contributed by atoms with van der Waals surface area (Å²) in [4.78, 5) is 19.1. The zero-order valence-electron chi connectivity index (χ0n) is 10.4. The standard InChI is InChI=1S/C15H12N2O2/c1-19-12-7-9-17-15(18)13(12)11-6-2-4-10-5-3-8-16-14(10)11/h2-9H,1H3,(H,17,18). The van der Waals surface area contributed by atoms with E-state index in [0.29, 0.717) is 11.3 Å². The molecule has 0 aliphatic rings. The van der Waals surface area contributed by atoms with Gasteiger partial charge < -0.3 is 9.72 Å². The first-order chi connectivity index (χ1) is 9.31. The van der Waals surface area contributed by atoms with Gasteiger partial charge in [0.2, 0.25) is 0 Å². The second-order valence-electron chi connectivity index (χ2n) is 4.13. The minimum Gasteiger partial charge on any atom is -0.496 e. The molecule has 1 N–H and O–H groups in total. The van der Waals surface area contributed by atoms with Crippen molar-refractivity contribution < 1.29 is 4.74 Å². The lowest BCUT2D eigenvalue weighted by molar-refractivity contribution is 0.415. The average Bonchev–Trinajstić information content (AvgIpc) is 2.46. The predicted molar refractivity (Wildman–Crippen MR) is 74.4 cm³/mol. The topological polar surface area (TPSA) is 55.0 Å². The first-order valence-electron chi connectivity index (χ1n) is 5.91. The Balaban J connectivity index is 2.40. The van der Waals surface area contributed by atoms with Crippen molar-refractivity contribution >= 4 is 10.9 Å². The highest BCUT2D eigenvalue weighted by Crippen LogP contribution is 2.30. The molecule has 1 aromatic carbocycles. The minimum absolute atomic E-state index is 0.183. The summed E-state index contributed by atoms with van der Waals surface area (Å²) >= 11 is 0. The van der Waals surface area contributed by atoms with Crippen LogP contribution in [0.2, 0.25) is 0 Å². The summed E-state index contributed by atoms with van der Waals surface area (Å²) in [5.41, 5.74) is 1.89. The van der Waals surface area contributed by atoms with Gasteiger partial charge in [0, 0.05) is 23.3 Å². The van der Waals surface area contributed by atoms with Gasteiger partial charge in [-0.3, -0.25) is 9.78 Å². The van der Waals surface area contributed by atoms with Crippen LogP contribution >= 0.6 is 0 Å². The maximum absolute atomic E-state index is 12.1. The molecule has 0 aliphatic carbocycles. The highest BCUT2D eigenvalue weighted by Gasteiger charge is 2.13. The molecule has 2 heterocycles. The van der Waals surface area contributed by atoms with Crippen LogP contribution in [-0.2, 0) is 0 Å². The number of nitrogens with one attached hydrogen (secondary N) is 1. The monoisotopic (exact) mass is 252 g/mol. The fourth-order valence-electron chi connectivity index (χ4n) is 2.19. The second kappa shape index (κ2) is 4.57. The van der Waals surface area contributed by atoms with Crippen LogP contribution in [0, 0.1) is 0 Å². The number of rotatable bonds is 2. The lowest BCUT2D eigenvalue weighted by Gasteiger charge is -2.09. The lowest BCUT2D eigenvalue weighted by Crippen LogP contribution is -2.09. The molecule has 0 saturated carbocycles. The first kappa shape index (κ1) is 11.5. The molecule has 0 atom stereocenters. The van der Waals surface area contributed by atoms with E-state index in [2.05, 4.69) is 9.97 Å².